The molecule has 95 heavy (non-hydrogen) atoms. The Morgan fingerprint density at radius 1 is 0.389 bits per heavy atom. The van der Waals surface area contributed by atoms with Gasteiger partial charge >= 0.3 is 5.97 Å². The molecule has 1 heterocycles. The zero-order valence-electron chi connectivity index (χ0n) is 62.4. The van der Waals surface area contributed by atoms with Crippen molar-refractivity contribution in [2.45, 2.75) is 455 Å². The first-order valence-electron chi connectivity index (χ1n) is 41.4. The number of carbonyl (C=O) groups is 2. The summed E-state index contributed by atoms with van der Waals surface area (Å²) in [6.07, 6.45) is 87.2. The molecule has 1 amide bonds. The molecule has 11 nitrogen and oxygen atoms in total. The van der Waals surface area contributed by atoms with E-state index in [1.807, 2.05) is 6.08 Å². The smallest absolute Gasteiger partial charge is 0.305 e. The lowest BCUT2D eigenvalue weighted by molar-refractivity contribution is -0.302. The number of hydrogen-bond donors (Lipinski definition) is 6. The van der Waals surface area contributed by atoms with E-state index in [0.717, 1.165) is 64.2 Å². The first kappa shape index (κ1) is 90.6. The standard InChI is InChI=1S/C84H157NO10/c1-3-5-7-9-11-13-15-17-46-50-54-58-62-66-70-77(87)76(75-94-84-83(92)82(91)81(90)78(74-86)95-84)85-79(88)71-67-63-59-55-51-47-44-42-40-38-36-34-32-30-28-26-24-22-20-19-21-23-25-27-29-31-33-35-37-39-41-43-45-49-53-57-61-65-69-73-93-80(89)72-68-64-60-56-52-48-18-16-14-12-10-8-6-4-2/h10,12,16,18-20,66,70,76-78,81-84,86-87,90-92H,3-9,11,13-15,17,21-65,67-69,71-75H2,1-2H3,(H,85,88)/b12-10-,18-16-,20-19-,70-66+. The molecule has 0 aromatic rings. The highest BCUT2D eigenvalue weighted by atomic mass is 16.7. The fraction of sp³-hybridized carbons (Fsp3) is 0.881. The van der Waals surface area contributed by atoms with Crippen molar-refractivity contribution in [3.8, 4) is 0 Å². The van der Waals surface area contributed by atoms with Gasteiger partial charge in [0.05, 0.1) is 32.0 Å². The Kier molecular flexibility index (Phi) is 69.5. The number of unbranched alkanes of at least 4 members (excludes halogenated alkanes) is 54. The van der Waals surface area contributed by atoms with Crippen molar-refractivity contribution in [3.05, 3.63) is 48.6 Å². The van der Waals surface area contributed by atoms with E-state index in [1.165, 1.54) is 321 Å². The quantitative estimate of drug-likeness (QED) is 0.0195. The lowest BCUT2D eigenvalue weighted by Crippen LogP contribution is -2.60. The van der Waals surface area contributed by atoms with Crippen molar-refractivity contribution in [1.82, 2.24) is 5.32 Å². The van der Waals surface area contributed by atoms with Crippen LogP contribution in [-0.4, -0.2) is 100 Å². The van der Waals surface area contributed by atoms with Gasteiger partial charge in [0.1, 0.15) is 24.4 Å². The zero-order chi connectivity index (χ0) is 68.6. The maximum Gasteiger partial charge on any atom is 0.305 e. The molecule has 0 radical (unpaired) electrons. The molecule has 0 spiro atoms. The second-order valence-corrected chi connectivity index (χ2v) is 28.8. The van der Waals surface area contributed by atoms with Crippen molar-refractivity contribution >= 4 is 11.9 Å². The van der Waals surface area contributed by atoms with E-state index in [2.05, 4.69) is 55.6 Å². The molecule has 1 saturated heterocycles. The van der Waals surface area contributed by atoms with E-state index >= 15 is 0 Å². The van der Waals surface area contributed by atoms with Crippen molar-refractivity contribution in [2.24, 2.45) is 0 Å². The lowest BCUT2D eigenvalue weighted by atomic mass is 9.99. The van der Waals surface area contributed by atoms with Gasteiger partial charge in [-0.1, -0.05) is 364 Å². The summed E-state index contributed by atoms with van der Waals surface area (Å²) in [4.78, 5) is 25.2. The van der Waals surface area contributed by atoms with Crippen LogP contribution in [0.5, 0.6) is 0 Å². The van der Waals surface area contributed by atoms with Gasteiger partial charge in [0.2, 0.25) is 5.91 Å². The topological polar surface area (TPSA) is 175 Å². The van der Waals surface area contributed by atoms with Crippen molar-refractivity contribution in [2.75, 3.05) is 19.8 Å². The van der Waals surface area contributed by atoms with Gasteiger partial charge in [-0.05, 0) is 83.5 Å². The molecule has 1 rings (SSSR count). The SMILES string of the molecule is CCCC/C=C\C/C=C\CCCCCCCC(=O)OCCCCCCCCCCCCCCCCCCCC/C=C\CCCCCCCCCCCCCCCCCCCC(=O)NC(COC1OC(CO)C(O)C(O)C1O)C(O)/C=C/CCCCCCCCCCCCCC. The number of carbonyl (C=O) groups excluding carboxylic acids is 2. The van der Waals surface area contributed by atoms with Crippen LogP contribution in [0.2, 0.25) is 0 Å². The molecule has 7 atom stereocenters. The third kappa shape index (κ3) is 61.2. The summed E-state index contributed by atoms with van der Waals surface area (Å²) >= 11 is 0. The van der Waals surface area contributed by atoms with Gasteiger partial charge in [-0.2, -0.15) is 0 Å². The zero-order valence-corrected chi connectivity index (χ0v) is 62.4. The minimum absolute atomic E-state index is 0.00243. The molecule has 558 valence electrons. The van der Waals surface area contributed by atoms with Crippen LogP contribution in [0.4, 0.5) is 0 Å². The molecule has 6 N–H and O–H groups in total. The van der Waals surface area contributed by atoms with Gasteiger partial charge in [0, 0.05) is 12.8 Å². The van der Waals surface area contributed by atoms with E-state index in [1.54, 1.807) is 6.08 Å². The monoisotopic (exact) mass is 1340 g/mol. The van der Waals surface area contributed by atoms with Gasteiger partial charge < -0.3 is 45.1 Å². The summed E-state index contributed by atoms with van der Waals surface area (Å²) in [5.41, 5.74) is 0. The van der Waals surface area contributed by atoms with Crippen LogP contribution in [0.1, 0.15) is 412 Å². The molecule has 0 aromatic carbocycles. The normalized spacial score (nSPS) is 17.6. The van der Waals surface area contributed by atoms with Gasteiger partial charge in [0.15, 0.2) is 6.29 Å². The Morgan fingerprint density at radius 3 is 1.11 bits per heavy atom. The first-order chi connectivity index (χ1) is 46.7. The van der Waals surface area contributed by atoms with E-state index < -0.39 is 49.5 Å². The minimum Gasteiger partial charge on any atom is -0.466 e. The molecular weight excluding hydrogens is 1180 g/mol. The number of ether oxygens (including phenoxy) is 3. The van der Waals surface area contributed by atoms with Crippen molar-refractivity contribution in [1.29, 1.82) is 0 Å². The number of amides is 1. The van der Waals surface area contributed by atoms with Crippen LogP contribution in [-0.2, 0) is 23.8 Å². The number of hydrogen-bond acceptors (Lipinski definition) is 10. The van der Waals surface area contributed by atoms with Gasteiger partial charge in [-0.15, -0.1) is 0 Å². The molecule has 7 unspecified atom stereocenters. The molecule has 0 aliphatic carbocycles. The third-order valence-corrected chi connectivity index (χ3v) is 19.7. The summed E-state index contributed by atoms with van der Waals surface area (Å²) in [6, 6.07) is -0.807. The van der Waals surface area contributed by atoms with Crippen LogP contribution in [0.25, 0.3) is 0 Å². The van der Waals surface area contributed by atoms with Crippen molar-refractivity contribution in [3.63, 3.8) is 0 Å². The minimum atomic E-state index is -1.57. The van der Waals surface area contributed by atoms with Crippen LogP contribution in [0.3, 0.4) is 0 Å². The first-order valence-corrected chi connectivity index (χ1v) is 41.4. The fourth-order valence-electron chi connectivity index (χ4n) is 13.2. The van der Waals surface area contributed by atoms with E-state index in [4.69, 9.17) is 14.2 Å². The highest BCUT2D eigenvalue weighted by Crippen LogP contribution is 2.24. The number of nitrogens with one attached hydrogen (secondary N) is 1. The molecule has 11 heteroatoms. The number of rotatable bonds is 74. The molecule has 1 aliphatic heterocycles. The highest BCUT2D eigenvalue weighted by molar-refractivity contribution is 5.76. The van der Waals surface area contributed by atoms with E-state index in [0.29, 0.717) is 19.4 Å². The number of aliphatic hydroxyl groups is 5. The average molecular weight is 1340 g/mol. The van der Waals surface area contributed by atoms with Crippen LogP contribution < -0.4 is 5.32 Å². The fourth-order valence-corrected chi connectivity index (χ4v) is 13.2. The highest BCUT2D eigenvalue weighted by Gasteiger charge is 2.44. The predicted molar refractivity (Wildman–Crippen MR) is 403 cm³/mol. The lowest BCUT2D eigenvalue weighted by Gasteiger charge is -2.40. The number of esters is 1. The summed E-state index contributed by atoms with van der Waals surface area (Å²) < 4.78 is 16.8. The van der Waals surface area contributed by atoms with Crippen LogP contribution in [0.15, 0.2) is 48.6 Å². The Bertz CT molecular complexity index is 1720. The van der Waals surface area contributed by atoms with Crippen LogP contribution in [0, 0.1) is 0 Å². The van der Waals surface area contributed by atoms with E-state index in [9.17, 15) is 35.1 Å². The third-order valence-electron chi connectivity index (χ3n) is 19.7. The summed E-state index contributed by atoms with van der Waals surface area (Å²) in [5, 5.41) is 54.6. The maximum absolute atomic E-state index is 13.1. The Hall–Kier alpha value is -2.38. The molecule has 1 fully saturated rings. The summed E-state index contributed by atoms with van der Waals surface area (Å²) in [5.74, 6) is -0.172. The van der Waals surface area contributed by atoms with Gasteiger partial charge in [0.25, 0.3) is 0 Å². The summed E-state index contributed by atoms with van der Waals surface area (Å²) in [7, 11) is 0. The van der Waals surface area contributed by atoms with Gasteiger partial charge in [-0.25, -0.2) is 0 Å². The predicted octanol–water partition coefficient (Wildman–Crippen LogP) is 22.6. The average Bonchev–Trinajstić information content (AvgIpc) is 0.840. The Labute approximate surface area is 586 Å². The molecule has 0 saturated carbocycles. The van der Waals surface area contributed by atoms with Crippen molar-refractivity contribution < 1.29 is 49.3 Å². The molecule has 1 aliphatic rings. The second-order valence-electron chi connectivity index (χ2n) is 28.8. The Balaban J connectivity index is 1.89. The van der Waals surface area contributed by atoms with E-state index in [-0.39, 0.29) is 18.5 Å². The molecular formula is C84H157NO10. The molecule has 0 bridgehead atoms. The number of allylic oxidation sites excluding steroid dienone is 7. The largest absolute Gasteiger partial charge is 0.466 e. The maximum atomic E-state index is 13.1. The Morgan fingerprint density at radius 2 is 0.716 bits per heavy atom. The summed E-state index contributed by atoms with van der Waals surface area (Å²) in [6.45, 7) is 4.35. The van der Waals surface area contributed by atoms with Crippen LogP contribution >= 0.6 is 0 Å². The number of aliphatic hydroxyl groups excluding tert-OH is 5. The second kappa shape index (κ2) is 72.9. The molecule has 0 aromatic heterocycles. The van der Waals surface area contributed by atoms with Gasteiger partial charge in [-0.3, -0.25) is 9.59 Å².